The molecule has 0 spiro atoms. The molecule has 0 aliphatic heterocycles. The van der Waals surface area contributed by atoms with Crippen molar-refractivity contribution < 1.29 is 9.47 Å². The summed E-state index contributed by atoms with van der Waals surface area (Å²) in [5.41, 5.74) is 0.327. The van der Waals surface area contributed by atoms with E-state index in [2.05, 4.69) is 51.8 Å². The molecule has 3 nitrogen and oxygen atoms in total. The molecule has 0 saturated heterocycles. The highest BCUT2D eigenvalue weighted by Gasteiger charge is 2.14. The summed E-state index contributed by atoms with van der Waals surface area (Å²) in [4.78, 5) is 0. The summed E-state index contributed by atoms with van der Waals surface area (Å²) in [6, 6.07) is 0.567. The predicted octanol–water partition coefficient (Wildman–Crippen LogP) is 3.63. The van der Waals surface area contributed by atoms with Gasteiger partial charge in [0.2, 0.25) is 0 Å². The van der Waals surface area contributed by atoms with Crippen LogP contribution in [0.1, 0.15) is 60.3 Å². The molecule has 0 aliphatic carbocycles. The molecule has 0 saturated carbocycles. The van der Waals surface area contributed by atoms with Crippen molar-refractivity contribution in [3.63, 3.8) is 0 Å². The Hall–Kier alpha value is -0.560. The molecule has 0 radical (unpaired) electrons. The summed E-state index contributed by atoms with van der Waals surface area (Å²) in [7, 11) is 0. The predicted molar refractivity (Wildman–Crippen MR) is 90.5 cm³/mol. The Balaban J connectivity index is 3.37. The topological polar surface area (TPSA) is 30.5 Å². The fourth-order valence-corrected chi connectivity index (χ4v) is 1.98. The van der Waals surface area contributed by atoms with Crippen LogP contribution in [0.4, 0.5) is 0 Å². The lowest BCUT2D eigenvalue weighted by atomic mass is 9.85. The van der Waals surface area contributed by atoms with Crippen molar-refractivity contribution in [2.24, 2.45) is 5.41 Å². The van der Waals surface area contributed by atoms with E-state index in [1.54, 1.807) is 0 Å². The maximum Gasteiger partial charge on any atom is 0.107 e. The van der Waals surface area contributed by atoms with E-state index >= 15 is 0 Å². The van der Waals surface area contributed by atoms with Crippen LogP contribution in [0.5, 0.6) is 0 Å². The Labute approximate surface area is 132 Å². The Morgan fingerprint density at radius 2 is 1.76 bits per heavy atom. The molecule has 1 unspecified atom stereocenters. The molecule has 124 valence electrons. The van der Waals surface area contributed by atoms with Crippen LogP contribution < -0.4 is 5.32 Å². The quantitative estimate of drug-likeness (QED) is 0.441. The maximum atomic E-state index is 5.49. The molecule has 0 rings (SSSR count). The zero-order valence-corrected chi connectivity index (χ0v) is 14.8. The average Bonchev–Trinajstić information content (AvgIpc) is 2.44. The van der Waals surface area contributed by atoms with E-state index < -0.39 is 0 Å². The average molecular weight is 297 g/mol. The summed E-state index contributed by atoms with van der Waals surface area (Å²) in [6.45, 7) is 14.5. The van der Waals surface area contributed by atoms with Gasteiger partial charge in [0.25, 0.3) is 0 Å². The second-order valence-electron chi connectivity index (χ2n) is 6.37. The van der Waals surface area contributed by atoms with Crippen LogP contribution in [-0.2, 0) is 9.47 Å². The van der Waals surface area contributed by atoms with E-state index in [0.717, 1.165) is 26.0 Å². The third-order valence-corrected chi connectivity index (χ3v) is 3.52. The number of ether oxygens (including phenoxy) is 2. The first kappa shape index (κ1) is 20.4. The first-order chi connectivity index (χ1) is 10.0. The molecular weight excluding hydrogens is 262 g/mol. The second-order valence-corrected chi connectivity index (χ2v) is 6.37. The summed E-state index contributed by atoms with van der Waals surface area (Å²) >= 11 is 0. The van der Waals surface area contributed by atoms with E-state index in [0.29, 0.717) is 31.3 Å². The van der Waals surface area contributed by atoms with Crippen LogP contribution in [0.25, 0.3) is 0 Å². The van der Waals surface area contributed by atoms with Gasteiger partial charge in [-0.2, -0.15) is 0 Å². The molecule has 0 aromatic rings. The van der Waals surface area contributed by atoms with Gasteiger partial charge in [-0.3, -0.25) is 0 Å². The summed E-state index contributed by atoms with van der Waals surface area (Å²) < 4.78 is 10.9. The van der Waals surface area contributed by atoms with Gasteiger partial charge < -0.3 is 14.8 Å². The van der Waals surface area contributed by atoms with E-state index in [9.17, 15) is 0 Å². The van der Waals surface area contributed by atoms with E-state index in [4.69, 9.17) is 9.47 Å². The minimum Gasteiger partial charge on any atom is -0.378 e. The second kappa shape index (κ2) is 13.1. The van der Waals surface area contributed by atoms with Crippen LogP contribution in [0.15, 0.2) is 0 Å². The molecule has 0 aromatic heterocycles. The maximum absolute atomic E-state index is 5.49. The fraction of sp³-hybridized carbons (Fsp3) is 0.889. The van der Waals surface area contributed by atoms with Crippen LogP contribution in [0.2, 0.25) is 0 Å². The van der Waals surface area contributed by atoms with Gasteiger partial charge >= 0.3 is 0 Å². The normalized spacial score (nSPS) is 12.8. The summed E-state index contributed by atoms with van der Waals surface area (Å²) in [6.07, 6.45) is 4.54. The van der Waals surface area contributed by atoms with Crippen LogP contribution in [-0.4, -0.2) is 39.0 Å². The Morgan fingerprint density at radius 1 is 1.05 bits per heavy atom. The monoisotopic (exact) mass is 297 g/mol. The standard InChI is InChI=1S/C18H35NO2/c1-6-10-18(4,5)11-8-9-13-20-15-16-21-14-12-19-17(3)7-2/h17,19H,6-7,10-16H2,1-5H3. The molecule has 21 heavy (non-hydrogen) atoms. The van der Waals surface area contributed by atoms with Crippen LogP contribution in [0, 0.1) is 17.3 Å². The molecule has 3 heteroatoms. The van der Waals surface area contributed by atoms with E-state index in [1.807, 2.05) is 0 Å². The number of hydrogen-bond acceptors (Lipinski definition) is 3. The molecule has 0 amide bonds. The van der Waals surface area contributed by atoms with Gasteiger partial charge in [-0.15, -0.1) is 5.92 Å². The first-order valence-electron chi connectivity index (χ1n) is 8.36. The van der Waals surface area contributed by atoms with Gasteiger partial charge in [-0.1, -0.05) is 40.0 Å². The molecule has 0 bridgehead atoms. The van der Waals surface area contributed by atoms with Gasteiger partial charge in [0.1, 0.15) is 6.61 Å². The number of rotatable bonds is 12. The molecule has 1 atom stereocenters. The van der Waals surface area contributed by atoms with Crippen LogP contribution in [0.3, 0.4) is 0 Å². The SMILES string of the molecule is CCCC(C)(C)CC#CCOCCOCCNC(C)CC. The van der Waals surface area contributed by atoms with Crippen LogP contribution >= 0.6 is 0 Å². The van der Waals surface area contributed by atoms with Crippen molar-refractivity contribution in [3.05, 3.63) is 0 Å². The van der Waals surface area contributed by atoms with Crippen molar-refractivity contribution in [1.82, 2.24) is 5.32 Å². The zero-order chi connectivity index (χ0) is 16.0. The van der Waals surface area contributed by atoms with Gasteiger partial charge in [0.05, 0.1) is 19.8 Å². The van der Waals surface area contributed by atoms with Crippen molar-refractivity contribution in [1.29, 1.82) is 0 Å². The van der Waals surface area contributed by atoms with Crippen molar-refractivity contribution in [3.8, 4) is 11.8 Å². The molecule has 1 N–H and O–H groups in total. The summed E-state index contributed by atoms with van der Waals surface area (Å²) in [5, 5.41) is 3.39. The van der Waals surface area contributed by atoms with Gasteiger partial charge in [0, 0.05) is 19.0 Å². The van der Waals surface area contributed by atoms with Crippen molar-refractivity contribution >= 4 is 0 Å². The number of nitrogens with one attached hydrogen (secondary N) is 1. The van der Waals surface area contributed by atoms with Gasteiger partial charge in [-0.05, 0) is 25.2 Å². The highest BCUT2D eigenvalue weighted by Crippen LogP contribution is 2.25. The number of hydrogen-bond donors (Lipinski definition) is 1. The Morgan fingerprint density at radius 3 is 2.43 bits per heavy atom. The molecule has 0 aromatic carbocycles. The molecule has 0 heterocycles. The smallest absolute Gasteiger partial charge is 0.107 e. The largest absolute Gasteiger partial charge is 0.378 e. The lowest BCUT2D eigenvalue weighted by Crippen LogP contribution is -2.29. The van der Waals surface area contributed by atoms with Crippen molar-refractivity contribution in [2.45, 2.75) is 66.3 Å². The highest BCUT2D eigenvalue weighted by molar-refractivity contribution is 5.01. The lowest BCUT2D eigenvalue weighted by Gasteiger charge is -2.20. The Bertz CT molecular complexity index is 291. The fourth-order valence-electron chi connectivity index (χ4n) is 1.98. The summed E-state index contributed by atoms with van der Waals surface area (Å²) in [5.74, 6) is 6.30. The minimum absolute atomic E-state index is 0.327. The van der Waals surface area contributed by atoms with Gasteiger partial charge in [0.15, 0.2) is 0 Å². The third kappa shape index (κ3) is 14.2. The highest BCUT2D eigenvalue weighted by atomic mass is 16.5. The third-order valence-electron chi connectivity index (χ3n) is 3.52. The van der Waals surface area contributed by atoms with Crippen molar-refractivity contribution in [2.75, 3.05) is 33.0 Å². The molecule has 0 fully saturated rings. The molecular formula is C18H35NO2. The minimum atomic E-state index is 0.327. The Kier molecular flexibility index (Phi) is 12.8. The molecule has 0 aliphatic rings. The van der Waals surface area contributed by atoms with E-state index in [-0.39, 0.29) is 0 Å². The zero-order valence-electron chi connectivity index (χ0n) is 14.8. The van der Waals surface area contributed by atoms with E-state index in [1.165, 1.54) is 12.8 Å². The first-order valence-corrected chi connectivity index (χ1v) is 8.36. The van der Waals surface area contributed by atoms with Gasteiger partial charge in [-0.25, -0.2) is 0 Å². The lowest BCUT2D eigenvalue weighted by molar-refractivity contribution is 0.0606.